The number of esters is 1. The highest BCUT2D eigenvalue weighted by Crippen LogP contribution is 2.41. The first-order valence-corrected chi connectivity index (χ1v) is 10.1. The molecule has 0 aliphatic carbocycles. The van der Waals surface area contributed by atoms with Crippen molar-refractivity contribution in [3.63, 3.8) is 0 Å². The highest BCUT2D eigenvalue weighted by Gasteiger charge is 2.09. The highest BCUT2D eigenvalue weighted by molar-refractivity contribution is 9.14. The topological polar surface area (TPSA) is 26.3 Å². The van der Waals surface area contributed by atoms with Crippen LogP contribution in [0.2, 0.25) is 0 Å². The third kappa shape index (κ3) is 7.33. The van der Waals surface area contributed by atoms with Crippen LogP contribution in [0, 0.1) is 0 Å². The fourth-order valence-electron chi connectivity index (χ4n) is 1.52. The molecule has 0 aliphatic rings. The number of hydrogen-bond donors (Lipinski definition) is 0. The molecule has 6 heteroatoms. The second-order valence-corrected chi connectivity index (χ2v) is 8.57. The second kappa shape index (κ2) is 10.4. The summed E-state index contributed by atoms with van der Waals surface area (Å²) in [5.41, 5.74) is 1.96. The first-order valence-electron chi connectivity index (χ1n) is 6.86. The van der Waals surface area contributed by atoms with Gasteiger partial charge in [0.25, 0.3) is 0 Å². The Balaban J connectivity index is 2.70. The molecule has 0 amide bonds. The number of allylic oxidation sites excluding steroid dienone is 6. The molecule has 0 aliphatic heterocycles. The van der Waals surface area contributed by atoms with E-state index >= 15 is 0 Å². The number of thiophene rings is 1. The Kier molecular flexibility index (Phi) is 9.36. The Bertz CT molecular complexity index is 682. The van der Waals surface area contributed by atoms with E-state index in [0.717, 1.165) is 28.8 Å². The summed E-state index contributed by atoms with van der Waals surface area (Å²) >= 11 is 12.2. The van der Waals surface area contributed by atoms with E-state index < -0.39 is 0 Å². The predicted octanol–water partition coefficient (Wildman–Crippen LogP) is 7.06. The SMILES string of the molecule is CCOC(=O)/C=C(\C)C=CC=C(C)C=Cc1sc(Br)c(Br)c1Br. The van der Waals surface area contributed by atoms with Gasteiger partial charge in [0.2, 0.25) is 0 Å². The molecular weight excluding hydrogens is 508 g/mol. The molecule has 1 heterocycles. The van der Waals surface area contributed by atoms with Gasteiger partial charge in [-0.15, -0.1) is 11.3 Å². The van der Waals surface area contributed by atoms with Crippen molar-refractivity contribution < 1.29 is 9.53 Å². The van der Waals surface area contributed by atoms with Crippen LogP contribution in [0.5, 0.6) is 0 Å². The van der Waals surface area contributed by atoms with Crippen molar-refractivity contribution in [1.82, 2.24) is 0 Å². The molecule has 0 N–H and O–H groups in total. The minimum atomic E-state index is -0.311. The maximum absolute atomic E-state index is 11.3. The molecule has 0 saturated heterocycles. The molecule has 0 radical (unpaired) electrons. The molecule has 0 spiro atoms. The van der Waals surface area contributed by atoms with Gasteiger partial charge in [-0.2, -0.15) is 0 Å². The molecule has 0 fully saturated rings. The lowest BCUT2D eigenvalue weighted by molar-refractivity contribution is -0.137. The number of carbonyl (C=O) groups excluding carboxylic acids is 1. The van der Waals surface area contributed by atoms with Crippen LogP contribution in [0.4, 0.5) is 0 Å². The van der Waals surface area contributed by atoms with Gasteiger partial charge in [-0.25, -0.2) is 4.79 Å². The molecule has 0 atom stereocenters. The lowest BCUT2D eigenvalue weighted by atomic mass is 10.2. The van der Waals surface area contributed by atoms with Crippen LogP contribution >= 0.6 is 59.1 Å². The number of rotatable bonds is 6. The van der Waals surface area contributed by atoms with Gasteiger partial charge in [0.15, 0.2) is 0 Å². The van der Waals surface area contributed by atoms with Crippen LogP contribution < -0.4 is 0 Å². The number of carbonyl (C=O) groups is 1. The van der Waals surface area contributed by atoms with Gasteiger partial charge in [-0.05, 0) is 80.2 Å². The molecule has 124 valence electrons. The molecule has 0 saturated carbocycles. The van der Waals surface area contributed by atoms with Crippen molar-refractivity contribution in [3.05, 3.63) is 59.1 Å². The highest BCUT2D eigenvalue weighted by atomic mass is 79.9. The lowest BCUT2D eigenvalue weighted by Gasteiger charge is -1.96. The van der Waals surface area contributed by atoms with Crippen LogP contribution in [0.3, 0.4) is 0 Å². The van der Waals surface area contributed by atoms with Gasteiger partial charge in [0, 0.05) is 11.0 Å². The van der Waals surface area contributed by atoms with Gasteiger partial charge in [-0.1, -0.05) is 29.9 Å². The standard InChI is InChI=1S/C17H17Br3O2S/c1-4-22-14(21)10-12(3)7-5-6-11(2)8-9-13-15(18)16(19)17(20)23-13/h5-10H,4H2,1-3H3/b7-5?,9-8?,11-6?,12-10+. The van der Waals surface area contributed by atoms with Crippen LogP contribution in [-0.4, -0.2) is 12.6 Å². The van der Waals surface area contributed by atoms with Crippen molar-refractivity contribution >= 4 is 71.2 Å². The van der Waals surface area contributed by atoms with E-state index in [1.807, 2.05) is 38.2 Å². The monoisotopic (exact) mass is 522 g/mol. The van der Waals surface area contributed by atoms with Crippen molar-refractivity contribution in [1.29, 1.82) is 0 Å². The van der Waals surface area contributed by atoms with Gasteiger partial charge in [0.1, 0.15) is 0 Å². The Labute approximate surface area is 166 Å². The minimum Gasteiger partial charge on any atom is -0.463 e. The number of hydrogen-bond acceptors (Lipinski definition) is 3. The van der Waals surface area contributed by atoms with E-state index in [2.05, 4.69) is 53.9 Å². The summed E-state index contributed by atoms with van der Waals surface area (Å²) in [5.74, 6) is -0.311. The van der Waals surface area contributed by atoms with Crippen molar-refractivity contribution in [2.75, 3.05) is 6.61 Å². The fourth-order valence-corrected chi connectivity index (χ4v) is 4.51. The fraction of sp³-hybridized carbons (Fsp3) is 0.235. The summed E-state index contributed by atoms with van der Waals surface area (Å²) in [6.45, 7) is 6.07. The molecule has 0 aromatic carbocycles. The summed E-state index contributed by atoms with van der Waals surface area (Å²) in [4.78, 5) is 12.4. The zero-order valence-electron chi connectivity index (χ0n) is 13.0. The zero-order valence-corrected chi connectivity index (χ0v) is 18.6. The van der Waals surface area contributed by atoms with Crippen LogP contribution in [0.1, 0.15) is 25.6 Å². The summed E-state index contributed by atoms with van der Waals surface area (Å²) in [5, 5.41) is 0. The van der Waals surface area contributed by atoms with Crippen LogP contribution in [0.25, 0.3) is 6.08 Å². The van der Waals surface area contributed by atoms with E-state index in [4.69, 9.17) is 4.74 Å². The predicted molar refractivity (Wildman–Crippen MR) is 110 cm³/mol. The number of halogens is 3. The molecule has 23 heavy (non-hydrogen) atoms. The van der Waals surface area contributed by atoms with E-state index in [9.17, 15) is 4.79 Å². The Morgan fingerprint density at radius 1 is 1.13 bits per heavy atom. The largest absolute Gasteiger partial charge is 0.463 e. The minimum absolute atomic E-state index is 0.311. The average molecular weight is 525 g/mol. The summed E-state index contributed by atoms with van der Waals surface area (Å²) in [6, 6.07) is 0. The summed E-state index contributed by atoms with van der Waals surface area (Å²) in [6.07, 6.45) is 11.4. The van der Waals surface area contributed by atoms with Gasteiger partial charge in [-0.3, -0.25) is 0 Å². The number of ether oxygens (including phenoxy) is 1. The smallest absolute Gasteiger partial charge is 0.330 e. The first kappa shape index (κ1) is 20.6. The van der Waals surface area contributed by atoms with Crippen molar-refractivity contribution in [2.24, 2.45) is 0 Å². The molecule has 0 bridgehead atoms. The molecule has 2 nitrogen and oxygen atoms in total. The summed E-state index contributed by atoms with van der Waals surface area (Å²) in [7, 11) is 0. The molecule has 0 unspecified atom stereocenters. The normalized spacial score (nSPS) is 13.3. The second-order valence-electron chi connectivity index (χ2n) is 4.61. The quantitative estimate of drug-likeness (QED) is 0.226. The van der Waals surface area contributed by atoms with E-state index in [1.165, 1.54) is 6.08 Å². The van der Waals surface area contributed by atoms with Gasteiger partial charge < -0.3 is 4.74 Å². The molecule has 1 aromatic rings. The van der Waals surface area contributed by atoms with Crippen molar-refractivity contribution in [2.45, 2.75) is 20.8 Å². The Morgan fingerprint density at radius 3 is 2.39 bits per heavy atom. The first-order chi connectivity index (χ1) is 10.8. The van der Waals surface area contributed by atoms with Crippen LogP contribution in [0.15, 0.2) is 54.3 Å². The maximum Gasteiger partial charge on any atom is 0.330 e. The Morgan fingerprint density at radius 2 is 1.83 bits per heavy atom. The van der Waals surface area contributed by atoms with Gasteiger partial charge in [0.05, 0.1) is 19.3 Å². The lowest BCUT2D eigenvalue weighted by Crippen LogP contribution is -1.99. The average Bonchev–Trinajstić information content (AvgIpc) is 2.72. The van der Waals surface area contributed by atoms with E-state index in [1.54, 1.807) is 18.3 Å². The summed E-state index contributed by atoms with van der Waals surface area (Å²) < 4.78 is 8.00. The third-order valence-electron chi connectivity index (χ3n) is 2.63. The Hall–Kier alpha value is -0.430. The van der Waals surface area contributed by atoms with Crippen LogP contribution in [-0.2, 0) is 9.53 Å². The molecule has 1 aromatic heterocycles. The third-order valence-corrected chi connectivity index (χ3v) is 7.66. The molecule has 1 rings (SSSR count). The zero-order chi connectivity index (χ0) is 17.4. The van der Waals surface area contributed by atoms with E-state index in [0.29, 0.717) is 6.61 Å². The van der Waals surface area contributed by atoms with Crippen molar-refractivity contribution in [3.8, 4) is 0 Å². The maximum atomic E-state index is 11.3. The van der Waals surface area contributed by atoms with E-state index in [-0.39, 0.29) is 5.97 Å². The van der Waals surface area contributed by atoms with Gasteiger partial charge >= 0.3 is 5.97 Å². The molecular formula is C17H17Br3O2S.